The third-order valence-electron chi connectivity index (χ3n) is 6.97. The first kappa shape index (κ1) is 23.2. The zero-order valence-corrected chi connectivity index (χ0v) is 19.3. The van der Waals surface area contributed by atoms with E-state index in [1.54, 1.807) is 19.1 Å². The summed E-state index contributed by atoms with van der Waals surface area (Å²) in [4.78, 5) is 39.5. The Morgan fingerprint density at radius 1 is 1.15 bits per heavy atom. The topological polar surface area (TPSA) is 81.7 Å². The van der Waals surface area contributed by atoms with Gasteiger partial charge in [-0.2, -0.15) is 0 Å². The molecule has 3 aliphatic rings. The highest BCUT2D eigenvalue weighted by atomic mass is 19.1. The van der Waals surface area contributed by atoms with E-state index in [0.717, 1.165) is 32.1 Å². The summed E-state index contributed by atoms with van der Waals surface area (Å²) in [5, 5.41) is 3.23. The van der Waals surface area contributed by atoms with Crippen LogP contribution < -0.4 is 5.32 Å². The monoisotopic (exact) mass is 455 g/mol. The fraction of sp³-hybridized carbons (Fsp3) is 0.500. The first-order valence-electron chi connectivity index (χ1n) is 11.6. The average Bonchev–Trinajstić information content (AvgIpc) is 2.78. The highest BCUT2D eigenvalue weighted by Gasteiger charge is 2.47. The van der Waals surface area contributed by atoms with Crippen LogP contribution in [0, 0.1) is 17.7 Å². The number of Topliss-reactive ketones (excluding diaryl/α,β-unsaturated/α-hetero) is 1. The lowest BCUT2D eigenvalue weighted by Crippen LogP contribution is -2.43. The number of dihydropyridines is 1. The Morgan fingerprint density at radius 3 is 2.55 bits per heavy atom. The van der Waals surface area contributed by atoms with Crippen LogP contribution in [0.5, 0.6) is 0 Å². The first-order valence-corrected chi connectivity index (χ1v) is 11.6. The number of hydrogen-bond donors (Lipinski definition) is 1. The van der Waals surface area contributed by atoms with Crippen molar-refractivity contribution in [1.82, 2.24) is 5.32 Å². The first-order chi connectivity index (χ1) is 15.8. The van der Waals surface area contributed by atoms with Crippen LogP contribution >= 0.6 is 0 Å². The highest BCUT2D eigenvalue weighted by Crippen LogP contribution is 2.45. The van der Waals surface area contributed by atoms with Crippen LogP contribution in [0.3, 0.4) is 0 Å². The van der Waals surface area contributed by atoms with E-state index in [2.05, 4.69) is 5.32 Å². The zero-order valence-electron chi connectivity index (χ0n) is 19.3. The number of benzene rings is 1. The molecule has 1 aliphatic heterocycles. The van der Waals surface area contributed by atoms with E-state index in [9.17, 15) is 18.8 Å². The van der Waals surface area contributed by atoms with Crippen molar-refractivity contribution in [3.8, 4) is 0 Å². The van der Waals surface area contributed by atoms with Crippen molar-refractivity contribution in [1.29, 1.82) is 0 Å². The molecule has 0 unspecified atom stereocenters. The number of ketones is 1. The average molecular weight is 456 g/mol. The number of carbonyl (C=O) groups excluding carboxylic acids is 3. The molecule has 0 spiro atoms. The number of esters is 2. The molecule has 0 radical (unpaired) electrons. The summed E-state index contributed by atoms with van der Waals surface area (Å²) in [5.41, 5.74) is 2.33. The van der Waals surface area contributed by atoms with Gasteiger partial charge in [-0.1, -0.05) is 25.5 Å². The summed E-state index contributed by atoms with van der Waals surface area (Å²) in [6.45, 7) is 3.60. The quantitative estimate of drug-likeness (QED) is 0.538. The van der Waals surface area contributed by atoms with Gasteiger partial charge in [0.25, 0.3) is 0 Å². The third kappa shape index (κ3) is 4.45. The van der Waals surface area contributed by atoms with Crippen molar-refractivity contribution in [2.45, 2.75) is 64.4 Å². The molecule has 176 valence electrons. The van der Waals surface area contributed by atoms with Crippen molar-refractivity contribution < 1.29 is 28.2 Å². The summed E-state index contributed by atoms with van der Waals surface area (Å²) in [7, 11) is 1.26. The molecule has 3 atom stereocenters. The maximum atomic E-state index is 14.2. The lowest BCUT2D eigenvalue weighted by atomic mass is 9.69. The molecule has 4 rings (SSSR count). The molecule has 7 heteroatoms. The minimum Gasteiger partial charge on any atom is -0.468 e. The fourth-order valence-corrected chi connectivity index (χ4v) is 5.37. The van der Waals surface area contributed by atoms with Crippen LogP contribution in [0.4, 0.5) is 4.39 Å². The molecule has 1 saturated carbocycles. The number of ether oxygens (including phenoxy) is 2. The second-order valence-electron chi connectivity index (χ2n) is 9.26. The fourth-order valence-electron chi connectivity index (χ4n) is 5.37. The molecule has 1 fully saturated rings. The summed E-state index contributed by atoms with van der Waals surface area (Å²) < 4.78 is 25.0. The van der Waals surface area contributed by atoms with Crippen molar-refractivity contribution in [2.75, 3.05) is 7.11 Å². The van der Waals surface area contributed by atoms with Gasteiger partial charge >= 0.3 is 11.9 Å². The van der Waals surface area contributed by atoms with E-state index in [1.165, 1.54) is 19.2 Å². The minimum atomic E-state index is -0.972. The molecule has 0 amide bonds. The van der Waals surface area contributed by atoms with Gasteiger partial charge in [-0.05, 0) is 62.6 Å². The smallest absolute Gasteiger partial charge is 0.337 e. The molecule has 6 nitrogen and oxygen atoms in total. The Bertz CT molecular complexity index is 1040. The maximum absolute atomic E-state index is 14.2. The van der Waals surface area contributed by atoms with Crippen molar-refractivity contribution >= 4 is 17.7 Å². The van der Waals surface area contributed by atoms with Gasteiger partial charge < -0.3 is 14.8 Å². The molecule has 1 aromatic carbocycles. The number of carbonyl (C=O) groups is 3. The Balaban J connectivity index is 1.78. The molecular weight excluding hydrogens is 425 g/mol. The summed E-state index contributed by atoms with van der Waals surface area (Å²) in [6, 6.07) is 5.90. The predicted molar refractivity (Wildman–Crippen MR) is 119 cm³/mol. The second-order valence-corrected chi connectivity index (χ2v) is 9.26. The van der Waals surface area contributed by atoms with Gasteiger partial charge in [0, 0.05) is 22.9 Å². The SMILES string of the molecule is COC(=O)[C@H]1C(=O)C2=C(C[C@H]1C)NC(C)=C(C(=O)OC1CCCCC1)[C@H]2c1cccc(F)c1. The van der Waals surface area contributed by atoms with E-state index >= 15 is 0 Å². The molecule has 33 heavy (non-hydrogen) atoms. The number of nitrogens with one attached hydrogen (secondary N) is 1. The third-order valence-corrected chi connectivity index (χ3v) is 6.97. The van der Waals surface area contributed by atoms with E-state index < -0.39 is 35.4 Å². The standard InChI is InChI=1S/C26H30FNO5/c1-14-12-19-23(24(29)20(14)25(30)32-3)22(16-8-7-9-17(27)13-16)21(15(2)28-19)26(31)33-18-10-5-4-6-11-18/h7-9,13-14,18,20,22,28H,4-6,10-12H2,1-3H3/t14-,20-,22-/m1/s1. The molecule has 1 heterocycles. The number of allylic oxidation sites excluding steroid dienone is 3. The van der Waals surface area contributed by atoms with Crippen molar-refractivity contribution in [3.63, 3.8) is 0 Å². The Labute approximate surface area is 193 Å². The summed E-state index contributed by atoms with van der Waals surface area (Å²) in [6.07, 6.45) is 5.04. The molecule has 0 saturated heterocycles. The number of methoxy groups -OCH3 is 1. The van der Waals surface area contributed by atoms with Crippen LogP contribution in [-0.2, 0) is 23.9 Å². The summed E-state index contributed by atoms with van der Waals surface area (Å²) in [5.74, 6) is -4.03. The Hall–Kier alpha value is -2.96. The van der Waals surface area contributed by atoms with Gasteiger partial charge in [0.15, 0.2) is 5.78 Å². The van der Waals surface area contributed by atoms with E-state index in [0.29, 0.717) is 29.0 Å². The number of hydrogen-bond acceptors (Lipinski definition) is 6. The van der Waals surface area contributed by atoms with Crippen LogP contribution in [-0.4, -0.2) is 30.9 Å². The van der Waals surface area contributed by atoms with E-state index in [4.69, 9.17) is 9.47 Å². The van der Waals surface area contributed by atoms with Gasteiger partial charge in [-0.25, -0.2) is 9.18 Å². The van der Waals surface area contributed by atoms with Gasteiger partial charge in [-0.3, -0.25) is 9.59 Å². The Kier molecular flexibility index (Phi) is 6.68. The number of halogens is 1. The van der Waals surface area contributed by atoms with Crippen LogP contribution in [0.1, 0.15) is 63.9 Å². The lowest BCUT2D eigenvalue weighted by Gasteiger charge is -2.38. The van der Waals surface area contributed by atoms with Crippen LogP contribution in [0.15, 0.2) is 46.8 Å². The zero-order chi connectivity index (χ0) is 23.7. The predicted octanol–water partition coefficient (Wildman–Crippen LogP) is 4.31. The van der Waals surface area contributed by atoms with Gasteiger partial charge in [0.2, 0.25) is 0 Å². The highest BCUT2D eigenvalue weighted by molar-refractivity contribution is 6.12. The van der Waals surface area contributed by atoms with Crippen LogP contribution in [0.25, 0.3) is 0 Å². The van der Waals surface area contributed by atoms with Crippen LogP contribution in [0.2, 0.25) is 0 Å². The normalized spacial score (nSPS) is 25.9. The van der Waals surface area contributed by atoms with Gasteiger partial charge in [0.05, 0.1) is 12.7 Å². The van der Waals surface area contributed by atoms with E-state index in [-0.39, 0.29) is 17.6 Å². The molecule has 1 aromatic rings. The Morgan fingerprint density at radius 2 is 1.88 bits per heavy atom. The van der Waals surface area contributed by atoms with E-state index in [1.807, 2.05) is 6.92 Å². The van der Waals surface area contributed by atoms with Gasteiger partial charge in [0.1, 0.15) is 17.8 Å². The second kappa shape index (κ2) is 9.49. The lowest BCUT2D eigenvalue weighted by molar-refractivity contribution is -0.151. The number of rotatable bonds is 4. The molecule has 2 aliphatic carbocycles. The molecule has 0 aromatic heterocycles. The van der Waals surface area contributed by atoms with Crippen molar-refractivity contribution in [2.24, 2.45) is 11.8 Å². The molecular formula is C26H30FNO5. The maximum Gasteiger partial charge on any atom is 0.337 e. The molecule has 1 N–H and O–H groups in total. The van der Waals surface area contributed by atoms with Crippen molar-refractivity contribution in [3.05, 3.63) is 58.2 Å². The minimum absolute atomic E-state index is 0.167. The largest absolute Gasteiger partial charge is 0.468 e. The molecule has 0 bridgehead atoms. The van der Waals surface area contributed by atoms with Gasteiger partial charge in [-0.15, -0.1) is 0 Å². The summed E-state index contributed by atoms with van der Waals surface area (Å²) >= 11 is 0.